The van der Waals surface area contributed by atoms with Gasteiger partial charge in [-0.05, 0) is 36.8 Å². The van der Waals surface area contributed by atoms with Gasteiger partial charge in [-0.25, -0.2) is 0 Å². The Balaban J connectivity index is 2.66. The molecule has 0 saturated heterocycles. The molecule has 0 unspecified atom stereocenters. The number of aromatic nitrogens is 1. The van der Waals surface area contributed by atoms with E-state index in [0.29, 0.717) is 26.9 Å². The first-order valence-electron chi connectivity index (χ1n) is 5.12. The van der Waals surface area contributed by atoms with Gasteiger partial charge in [0, 0.05) is 21.3 Å². The van der Waals surface area contributed by atoms with Crippen molar-refractivity contribution < 1.29 is 0 Å². The fourth-order valence-corrected chi connectivity index (χ4v) is 2.22. The van der Waals surface area contributed by atoms with Crippen molar-refractivity contribution in [2.24, 2.45) is 0 Å². The molecule has 0 saturated carbocycles. The molecular formula is C13H8Cl2N2O. The summed E-state index contributed by atoms with van der Waals surface area (Å²) in [6, 6.07) is 8.60. The molecule has 0 amide bonds. The average Bonchev–Trinajstić information content (AvgIpc) is 2.27. The van der Waals surface area contributed by atoms with Crippen LogP contribution in [0.5, 0.6) is 0 Å². The summed E-state index contributed by atoms with van der Waals surface area (Å²) < 4.78 is 0. The quantitative estimate of drug-likeness (QED) is 0.868. The third-order valence-corrected chi connectivity index (χ3v) is 2.95. The van der Waals surface area contributed by atoms with Gasteiger partial charge in [-0.1, -0.05) is 23.2 Å². The molecule has 0 fully saturated rings. The molecule has 1 aromatic carbocycles. The van der Waals surface area contributed by atoms with Crippen LogP contribution in [0.4, 0.5) is 0 Å². The maximum absolute atomic E-state index is 11.7. The van der Waals surface area contributed by atoms with E-state index in [1.807, 2.05) is 6.07 Å². The minimum atomic E-state index is -0.413. The maximum atomic E-state index is 11.7. The molecule has 5 heteroatoms. The number of aryl methyl sites for hydroxylation is 1. The Morgan fingerprint density at radius 2 is 1.78 bits per heavy atom. The predicted molar refractivity (Wildman–Crippen MR) is 72.0 cm³/mol. The fourth-order valence-electron chi connectivity index (χ4n) is 1.69. The largest absolute Gasteiger partial charge is 0.321 e. The SMILES string of the molecule is Cc1cc(-c2cc(Cl)cc(Cl)c2)[nH]c(=O)c1C#N. The van der Waals surface area contributed by atoms with Crippen LogP contribution in [0.2, 0.25) is 10.0 Å². The summed E-state index contributed by atoms with van der Waals surface area (Å²) in [5.74, 6) is 0. The molecule has 1 aromatic heterocycles. The molecule has 1 N–H and O–H groups in total. The highest BCUT2D eigenvalue weighted by molar-refractivity contribution is 6.35. The molecule has 0 atom stereocenters. The lowest BCUT2D eigenvalue weighted by atomic mass is 10.1. The molecule has 2 aromatic rings. The van der Waals surface area contributed by atoms with Crippen molar-refractivity contribution in [2.75, 3.05) is 0 Å². The summed E-state index contributed by atoms with van der Waals surface area (Å²) in [6.07, 6.45) is 0. The van der Waals surface area contributed by atoms with Gasteiger partial charge < -0.3 is 4.98 Å². The van der Waals surface area contributed by atoms with E-state index in [1.54, 1.807) is 31.2 Å². The second kappa shape index (κ2) is 4.85. The van der Waals surface area contributed by atoms with Gasteiger partial charge in [0.2, 0.25) is 0 Å². The number of rotatable bonds is 1. The van der Waals surface area contributed by atoms with Gasteiger partial charge in [0.25, 0.3) is 5.56 Å². The number of aromatic amines is 1. The van der Waals surface area contributed by atoms with E-state index in [2.05, 4.69) is 4.98 Å². The van der Waals surface area contributed by atoms with Crippen molar-refractivity contribution in [2.45, 2.75) is 6.92 Å². The Morgan fingerprint density at radius 3 is 2.28 bits per heavy atom. The van der Waals surface area contributed by atoms with E-state index in [1.165, 1.54) is 0 Å². The highest BCUT2D eigenvalue weighted by atomic mass is 35.5. The summed E-state index contributed by atoms with van der Waals surface area (Å²) >= 11 is 11.8. The molecule has 0 bridgehead atoms. The van der Waals surface area contributed by atoms with Crippen LogP contribution >= 0.6 is 23.2 Å². The first-order chi connectivity index (χ1) is 8.51. The van der Waals surface area contributed by atoms with E-state index in [9.17, 15) is 4.79 Å². The Kier molecular flexibility index (Phi) is 3.42. The van der Waals surface area contributed by atoms with E-state index in [4.69, 9.17) is 28.5 Å². The lowest BCUT2D eigenvalue weighted by molar-refractivity contribution is 1.18. The van der Waals surface area contributed by atoms with E-state index in [0.717, 1.165) is 0 Å². The third kappa shape index (κ3) is 2.40. The Morgan fingerprint density at radius 1 is 1.17 bits per heavy atom. The van der Waals surface area contributed by atoms with Crippen LogP contribution in [0.3, 0.4) is 0 Å². The summed E-state index contributed by atoms with van der Waals surface area (Å²) in [5.41, 5.74) is 1.61. The first kappa shape index (κ1) is 12.7. The van der Waals surface area contributed by atoms with Crippen LogP contribution in [0.25, 0.3) is 11.3 Å². The molecule has 90 valence electrons. The van der Waals surface area contributed by atoms with Crippen molar-refractivity contribution in [1.82, 2.24) is 4.98 Å². The van der Waals surface area contributed by atoms with Gasteiger partial charge in [-0.2, -0.15) is 5.26 Å². The van der Waals surface area contributed by atoms with E-state index < -0.39 is 5.56 Å². The lowest BCUT2D eigenvalue weighted by Gasteiger charge is -2.05. The van der Waals surface area contributed by atoms with Gasteiger partial charge in [-0.15, -0.1) is 0 Å². The zero-order valence-electron chi connectivity index (χ0n) is 9.42. The zero-order valence-corrected chi connectivity index (χ0v) is 10.9. The number of benzene rings is 1. The molecular weight excluding hydrogens is 271 g/mol. The smallest absolute Gasteiger partial charge is 0.266 e. The van der Waals surface area contributed by atoms with Crippen LogP contribution in [0.1, 0.15) is 11.1 Å². The van der Waals surface area contributed by atoms with Crippen molar-refractivity contribution >= 4 is 23.2 Å². The summed E-state index contributed by atoms with van der Waals surface area (Å²) in [5, 5.41) is 9.81. The fraction of sp³-hybridized carbons (Fsp3) is 0.0769. The van der Waals surface area contributed by atoms with E-state index >= 15 is 0 Å². The highest BCUT2D eigenvalue weighted by Gasteiger charge is 2.08. The Hall–Kier alpha value is -1.76. The summed E-state index contributed by atoms with van der Waals surface area (Å²) in [7, 11) is 0. The van der Waals surface area contributed by atoms with Gasteiger partial charge in [0.15, 0.2) is 0 Å². The predicted octanol–water partition coefficient (Wildman–Crippen LogP) is 3.53. The number of halogens is 2. The number of nitrogens with one attached hydrogen (secondary N) is 1. The highest BCUT2D eigenvalue weighted by Crippen LogP contribution is 2.26. The van der Waals surface area contributed by atoms with Gasteiger partial charge in [0.05, 0.1) is 0 Å². The normalized spacial score (nSPS) is 10.1. The number of pyridine rings is 1. The second-order valence-corrected chi connectivity index (χ2v) is 4.71. The molecule has 0 aliphatic carbocycles. The average molecular weight is 279 g/mol. The molecule has 18 heavy (non-hydrogen) atoms. The number of H-pyrrole nitrogens is 1. The van der Waals surface area contributed by atoms with Gasteiger partial charge >= 0.3 is 0 Å². The molecule has 3 nitrogen and oxygen atoms in total. The Labute approximate surface area is 114 Å². The number of hydrogen-bond acceptors (Lipinski definition) is 2. The molecule has 0 radical (unpaired) electrons. The number of nitrogens with zero attached hydrogens (tertiary/aromatic N) is 1. The zero-order chi connectivity index (χ0) is 13.3. The van der Waals surface area contributed by atoms with Gasteiger partial charge in [0.1, 0.15) is 11.6 Å². The third-order valence-electron chi connectivity index (χ3n) is 2.52. The topological polar surface area (TPSA) is 56.6 Å². The first-order valence-corrected chi connectivity index (χ1v) is 5.87. The molecule has 0 aliphatic heterocycles. The van der Waals surface area contributed by atoms with Crippen LogP contribution in [0, 0.1) is 18.3 Å². The van der Waals surface area contributed by atoms with Crippen LogP contribution in [0.15, 0.2) is 29.1 Å². The van der Waals surface area contributed by atoms with Gasteiger partial charge in [-0.3, -0.25) is 4.79 Å². The minimum absolute atomic E-state index is 0.117. The van der Waals surface area contributed by atoms with Crippen LogP contribution in [-0.4, -0.2) is 4.98 Å². The van der Waals surface area contributed by atoms with Crippen molar-refractivity contribution in [3.63, 3.8) is 0 Å². The number of hydrogen-bond donors (Lipinski definition) is 1. The molecule has 1 heterocycles. The summed E-state index contributed by atoms with van der Waals surface area (Å²) in [6.45, 7) is 1.71. The Bertz CT molecular complexity index is 694. The number of nitriles is 1. The maximum Gasteiger partial charge on any atom is 0.266 e. The van der Waals surface area contributed by atoms with Crippen molar-refractivity contribution in [3.05, 3.63) is 55.8 Å². The molecule has 2 rings (SSSR count). The monoisotopic (exact) mass is 278 g/mol. The van der Waals surface area contributed by atoms with Crippen molar-refractivity contribution in [1.29, 1.82) is 5.26 Å². The molecule has 0 spiro atoms. The van der Waals surface area contributed by atoms with Crippen LogP contribution in [-0.2, 0) is 0 Å². The molecule has 0 aliphatic rings. The lowest BCUT2D eigenvalue weighted by Crippen LogP contribution is -2.12. The standard InChI is InChI=1S/C13H8Cl2N2O/c1-7-2-12(17-13(18)11(7)6-16)8-3-9(14)5-10(15)4-8/h2-5H,1H3,(H,17,18). The van der Waals surface area contributed by atoms with Crippen LogP contribution < -0.4 is 5.56 Å². The minimum Gasteiger partial charge on any atom is -0.321 e. The van der Waals surface area contributed by atoms with Crippen molar-refractivity contribution in [3.8, 4) is 17.3 Å². The summed E-state index contributed by atoms with van der Waals surface area (Å²) in [4.78, 5) is 14.3. The second-order valence-electron chi connectivity index (χ2n) is 3.84. The van der Waals surface area contributed by atoms with E-state index in [-0.39, 0.29) is 5.56 Å².